The molecule has 0 aliphatic rings. The van der Waals surface area contributed by atoms with Crippen molar-refractivity contribution in [2.24, 2.45) is 0 Å². The van der Waals surface area contributed by atoms with E-state index in [1.54, 1.807) is 30.5 Å². The van der Waals surface area contributed by atoms with Gasteiger partial charge in [-0.25, -0.2) is 13.2 Å². The first kappa shape index (κ1) is 21.2. The molecule has 0 atom stereocenters. The van der Waals surface area contributed by atoms with Crippen molar-refractivity contribution in [1.82, 2.24) is 0 Å². The summed E-state index contributed by atoms with van der Waals surface area (Å²) >= 11 is 1.13. The van der Waals surface area contributed by atoms with Gasteiger partial charge in [0.05, 0.1) is 12.3 Å². The number of esters is 1. The number of nitrogens with one attached hydrogen (secondary N) is 1. The van der Waals surface area contributed by atoms with Gasteiger partial charge in [0.15, 0.2) is 0 Å². The van der Waals surface area contributed by atoms with Gasteiger partial charge < -0.3 is 9.15 Å². The minimum atomic E-state index is -3.80. The van der Waals surface area contributed by atoms with Crippen molar-refractivity contribution in [3.05, 3.63) is 83.7 Å². The first-order chi connectivity index (χ1) is 16.0. The van der Waals surface area contributed by atoms with E-state index in [9.17, 15) is 13.2 Å². The molecule has 0 unspecified atom stereocenters. The molecule has 0 radical (unpaired) electrons. The molecule has 0 saturated heterocycles. The molecule has 0 spiro atoms. The van der Waals surface area contributed by atoms with Gasteiger partial charge in [-0.3, -0.25) is 4.72 Å². The number of fused-ring (bicyclic) bond motifs is 3. The molecule has 1 N–H and O–H groups in total. The molecule has 33 heavy (non-hydrogen) atoms. The molecule has 3 aromatic carbocycles. The Bertz CT molecular complexity index is 1570. The van der Waals surface area contributed by atoms with Gasteiger partial charge in [-0.15, -0.1) is 11.3 Å². The highest BCUT2D eigenvalue weighted by atomic mass is 32.2. The molecule has 2 heterocycles. The Hall–Kier alpha value is -3.62. The zero-order chi connectivity index (χ0) is 23.0. The van der Waals surface area contributed by atoms with E-state index in [4.69, 9.17) is 9.15 Å². The number of hydrogen-bond acceptors (Lipinski definition) is 6. The molecule has 0 saturated carbocycles. The lowest BCUT2D eigenvalue weighted by Gasteiger charge is -2.11. The third-order valence-electron chi connectivity index (χ3n) is 5.22. The highest BCUT2D eigenvalue weighted by Crippen LogP contribution is 2.41. The maximum atomic E-state index is 13.0. The second-order valence-electron chi connectivity index (χ2n) is 7.28. The Kier molecular flexibility index (Phi) is 5.39. The number of anilines is 1. The molecule has 166 valence electrons. The number of hydrogen-bond donors (Lipinski definition) is 1. The van der Waals surface area contributed by atoms with Crippen LogP contribution in [0.25, 0.3) is 33.1 Å². The summed E-state index contributed by atoms with van der Waals surface area (Å²) < 4.78 is 40.4. The van der Waals surface area contributed by atoms with Crippen molar-refractivity contribution in [2.75, 3.05) is 11.3 Å². The van der Waals surface area contributed by atoms with E-state index >= 15 is 0 Å². The minimum absolute atomic E-state index is 0.200. The van der Waals surface area contributed by atoms with Crippen LogP contribution < -0.4 is 4.72 Å². The van der Waals surface area contributed by atoms with E-state index in [1.807, 2.05) is 54.6 Å². The lowest BCUT2D eigenvalue weighted by Crippen LogP contribution is -2.12. The molecule has 5 aromatic rings. The quantitative estimate of drug-likeness (QED) is 0.290. The van der Waals surface area contributed by atoms with E-state index in [0.717, 1.165) is 16.9 Å². The lowest BCUT2D eigenvalue weighted by molar-refractivity contribution is 0.0528. The third-order valence-corrected chi connectivity index (χ3v) is 7.98. The normalized spacial score (nSPS) is 11.7. The number of carbonyl (C=O) groups is 1. The molecule has 2 aromatic heterocycles. The van der Waals surface area contributed by atoms with Gasteiger partial charge in [0.2, 0.25) is 0 Å². The van der Waals surface area contributed by atoms with Gasteiger partial charge in [0.25, 0.3) is 10.0 Å². The van der Waals surface area contributed by atoms with E-state index < -0.39 is 16.0 Å². The minimum Gasteiger partial charge on any atom is -0.462 e. The summed E-state index contributed by atoms with van der Waals surface area (Å²) in [6.45, 7) is 1.93. The maximum absolute atomic E-state index is 13.0. The van der Waals surface area contributed by atoms with Gasteiger partial charge >= 0.3 is 5.97 Å². The SMILES string of the molecule is CCOC(=O)c1c(-c2ccccc2)oc2c1cc(NS(=O)(=O)c1cccs1)c1ccccc12. The van der Waals surface area contributed by atoms with Gasteiger partial charge in [-0.1, -0.05) is 60.7 Å². The molecule has 0 aliphatic carbocycles. The van der Waals surface area contributed by atoms with E-state index in [1.165, 1.54) is 0 Å². The average molecular weight is 478 g/mol. The summed E-state index contributed by atoms with van der Waals surface area (Å²) in [6, 6.07) is 21.5. The van der Waals surface area contributed by atoms with Crippen LogP contribution in [0.4, 0.5) is 5.69 Å². The summed E-state index contributed by atoms with van der Waals surface area (Å²) in [6.07, 6.45) is 0. The standard InChI is InChI=1S/C25H19NO5S2/c1-2-30-25(27)22-19-15-20(26-33(28,29)21-13-8-14-32-21)17-11-6-7-12-18(17)24(19)31-23(22)16-9-4-3-5-10-16/h3-15,26H,2H2,1H3. The van der Waals surface area contributed by atoms with Gasteiger partial charge in [0, 0.05) is 21.7 Å². The van der Waals surface area contributed by atoms with Crippen LogP contribution in [0, 0.1) is 0 Å². The molecule has 5 rings (SSSR count). The number of sulfonamides is 1. The fraction of sp³-hybridized carbons (Fsp3) is 0.0800. The van der Waals surface area contributed by atoms with Crippen molar-refractivity contribution in [3.63, 3.8) is 0 Å². The summed E-state index contributed by atoms with van der Waals surface area (Å²) in [5.74, 6) is -0.148. The largest absolute Gasteiger partial charge is 0.462 e. The van der Waals surface area contributed by atoms with Crippen LogP contribution in [-0.4, -0.2) is 21.0 Å². The molecule has 0 fully saturated rings. The topological polar surface area (TPSA) is 85.6 Å². The van der Waals surface area contributed by atoms with Crippen molar-refractivity contribution in [3.8, 4) is 11.3 Å². The molecule has 8 heteroatoms. The monoisotopic (exact) mass is 477 g/mol. The predicted molar refractivity (Wildman–Crippen MR) is 130 cm³/mol. The molecule has 0 bridgehead atoms. The summed E-state index contributed by atoms with van der Waals surface area (Å²) in [7, 11) is -3.80. The van der Waals surface area contributed by atoms with Crippen LogP contribution in [-0.2, 0) is 14.8 Å². The Labute approximate surface area is 194 Å². The molecular formula is C25H19NO5S2. The van der Waals surface area contributed by atoms with E-state index in [0.29, 0.717) is 33.2 Å². The van der Waals surface area contributed by atoms with Crippen LogP contribution in [0.3, 0.4) is 0 Å². The van der Waals surface area contributed by atoms with Crippen LogP contribution in [0.2, 0.25) is 0 Å². The number of carbonyl (C=O) groups excluding carboxylic acids is 1. The lowest BCUT2D eigenvalue weighted by atomic mass is 10.0. The van der Waals surface area contributed by atoms with Gasteiger partial charge in [0.1, 0.15) is 21.1 Å². The zero-order valence-corrected chi connectivity index (χ0v) is 19.2. The third kappa shape index (κ3) is 3.77. The molecular weight excluding hydrogens is 458 g/mol. The average Bonchev–Trinajstić information content (AvgIpc) is 3.49. The number of ether oxygens (including phenoxy) is 1. The summed E-state index contributed by atoms with van der Waals surface area (Å²) in [5.41, 5.74) is 1.84. The van der Waals surface area contributed by atoms with Gasteiger partial charge in [-0.2, -0.15) is 0 Å². The maximum Gasteiger partial charge on any atom is 0.342 e. The second kappa shape index (κ2) is 8.38. The molecule has 0 amide bonds. The summed E-state index contributed by atoms with van der Waals surface area (Å²) in [5, 5.41) is 3.53. The Morgan fingerprint density at radius 3 is 2.39 bits per heavy atom. The Morgan fingerprint density at radius 2 is 1.70 bits per heavy atom. The highest BCUT2D eigenvalue weighted by molar-refractivity contribution is 7.94. The summed E-state index contributed by atoms with van der Waals surface area (Å²) in [4.78, 5) is 13.0. The number of thiophene rings is 1. The number of furan rings is 1. The Morgan fingerprint density at radius 1 is 0.970 bits per heavy atom. The fourth-order valence-corrected chi connectivity index (χ4v) is 5.88. The molecule has 0 aliphatic heterocycles. The van der Waals surface area contributed by atoms with Crippen molar-refractivity contribution < 1.29 is 22.4 Å². The number of benzene rings is 3. The van der Waals surface area contributed by atoms with Gasteiger partial charge in [-0.05, 0) is 24.4 Å². The first-order valence-electron chi connectivity index (χ1n) is 10.3. The van der Waals surface area contributed by atoms with Crippen molar-refractivity contribution in [2.45, 2.75) is 11.1 Å². The Balaban J connectivity index is 1.81. The van der Waals surface area contributed by atoms with Crippen LogP contribution in [0.1, 0.15) is 17.3 Å². The van der Waals surface area contributed by atoms with Crippen molar-refractivity contribution in [1.29, 1.82) is 0 Å². The predicted octanol–water partition coefficient (Wildman–Crippen LogP) is 6.29. The molecule has 6 nitrogen and oxygen atoms in total. The van der Waals surface area contributed by atoms with E-state index in [-0.39, 0.29) is 16.4 Å². The smallest absolute Gasteiger partial charge is 0.342 e. The van der Waals surface area contributed by atoms with Crippen LogP contribution >= 0.6 is 11.3 Å². The highest BCUT2D eigenvalue weighted by Gasteiger charge is 2.26. The fourth-order valence-electron chi connectivity index (χ4n) is 3.81. The van der Waals surface area contributed by atoms with Crippen molar-refractivity contribution >= 4 is 54.8 Å². The van der Waals surface area contributed by atoms with Crippen LogP contribution in [0.5, 0.6) is 0 Å². The second-order valence-corrected chi connectivity index (χ2v) is 10.1. The first-order valence-corrected chi connectivity index (χ1v) is 12.6. The van der Waals surface area contributed by atoms with E-state index in [2.05, 4.69) is 4.72 Å². The van der Waals surface area contributed by atoms with Crippen LogP contribution in [0.15, 0.2) is 86.8 Å². The zero-order valence-electron chi connectivity index (χ0n) is 17.6. The number of rotatable bonds is 6.